The third kappa shape index (κ3) is 5.65. The van der Waals surface area contributed by atoms with E-state index >= 15 is 0 Å². The second-order valence-corrected chi connectivity index (χ2v) is 9.16. The Morgan fingerprint density at radius 3 is 2.16 bits per heavy atom. The van der Waals surface area contributed by atoms with E-state index in [1.807, 2.05) is 24.3 Å². The number of piperazine rings is 1. The van der Waals surface area contributed by atoms with E-state index in [0.29, 0.717) is 22.3 Å². The van der Waals surface area contributed by atoms with E-state index < -0.39 is 18.2 Å². The highest BCUT2D eigenvalue weighted by atomic mass is 19.4. The third-order valence-electron chi connectivity index (χ3n) is 6.57. The van der Waals surface area contributed by atoms with Crippen LogP contribution in [0.2, 0.25) is 0 Å². The third-order valence-corrected chi connectivity index (χ3v) is 6.57. The highest BCUT2D eigenvalue weighted by molar-refractivity contribution is 6.31. The van der Waals surface area contributed by atoms with Crippen LogP contribution < -0.4 is 20.3 Å². The average molecular weight is 523 g/mol. The van der Waals surface area contributed by atoms with Crippen LogP contribution in [0.5, 0.6) is 5.75 Å². The van der Waals surface area contributed by atoms with Gasteiger partial charge in [0.1, 0.15) is 5.75 Å². The standard InChI is InChI=1S/C28H25F3N4O3/c1-34-12-14-35(15-13-34)21-7-5-20(6-8-21)32-17-25-24-16-19(4-11-23(24)26(36)33-27(25)37)18-2-9-22(10-3-18)38-28(29,30)31/h2-11,16-17,32H,12-15H2,1H3,(H,33,36,37). The van der Waals surface area contributed by atoms with Crippen LogP contribution in [-0.4, -0.2) is 56.3 Å². The summed E-state index contributed by atoms with van der Waals surface area (Å²) < 4.78 is 41.4. The number of hydrogen-bond donors (Lipinski definition) is 2. The second kappa shape index (κ2) is 10.2. The van der Waals surface area contributed by atoms with Crippen molar-refractivity contribution in [2.24, 2.45) is 0 Å². The van der Waals surface area contributed by atoms with E-state index in [4.69, 9.17) is 0 Å². The quantitative estimate of drug-likeness (QED) is 0.373. The van der Waals surface area contributed by atoms with Crippen molar-refractivity contribution in [3.63, 3.8) is 0 Å². The fourth-order valence-corrected chi connectivity index (χ4v) is 4.49. The number of alkyl halides is 3. The van der Waals surface area contributed by atoms with Gasteiger partial charge >= 0.3 is 6.36 Å². The van der Waals surface area contributed by atoms with Gasteiger partial charge in [0.15, 0.2) is 0 Å². The van der Waals surface area contributed by atoms with Crippen LogP contribution in [0.15, 0.2) is 72.9 Å². The zero-order chi connectivity index (χ0) is 26.9. The number of amides is 2. The first-order valence-electron chi connectivity index (χ1n) is 12.0. The second-order valence-electron chi connectivity index (χ2n) is 9.16. The Bertz CT molecular complexity index is 1380. The first-order valence-corrected chi connectivity index (χ1v) is 12.0. The molecule has 0 atom stereocenters. The molecule has 38 heavy (non-hydrogen) atoms. The predicted octanol–water partition coefficient (Wildman–Crippen LogP) is 4.73. The largest absolute Gasteiger partial charge is 0.573 e. The molecule has 1 saturated heterocycles. The Kier molecular flexibility index (Phi) is 6.81. The van der Waals surface area contributed by atoms with Gasteiger partial charge in [-0.15, -0.1) is 13.2 Å². The molecule has 0 radical (unpaired) electrons. The smallest absolute Gasteiger partial charge is 0.406 e. The lowest BCUT2D eigenvalue weighted by Crippen LogP contribution is -2.44. The summed E-state index contributed by atoms with van der Waals surface area (Å²) in [4.78, 5) is 29.8. The molecule has 0 aliphatic carbocycles. The highest BCUT2D eigenvalue weighted by Gasteiger charge is 2.31. The van der Waals surface area contributed by atoms with Crippen molar-refractivity contribution >= 4 is 28.8 Å². The van der Waals surface area contributed by atoms with Crippen LogP contribution in [0.1, 0.15) is 15.9 Å². The van der Waals surface area contributed by atoms with Crippen LogP contribution >= 0.6 is 0 Å². The van der Waals surface area contributed by atoms with Crippen LogP contribution in [0.3, 0.4) is 0 Å². The summed E-state index contributed by atoms with van der Waals surface area (Å²) in [5, 5.41) is 5.49. The molecule has 0 bridgehead atoms. The molecular weight excluding hydrogens is 497 g/mol. The van der Waals surface area contributed by atoms with Gasteiger partial charge in [-0.3, -0.25) is 14.9 Å². The lowest BCUT2D eigenvalue weighted by atomic mass is 9.91. The molecule has 2 heterocycles. The van der Waals surface area contributed by atoms with Crippen molar-refractivity contribution in [3.05, 3.63) is 84.1 Å². The van der Waals surface area contributed by atoms with Crippen LogP contribution in [0, 0.1) is 0 Å². The molecule has 0 spiro atoms. The normalized spacial score (nSPS) is 17.3. The van der Waals surface area contributed by atoms with Gasteiger partial charge in [-0.2, -0.15) is 0 Å². The summed E-state index contributed by atoms with van der Waals surface area (Å²) in [6, 6.07) is 18.2. The van der Waals surface area contributed by atoms with Crippen molar-refractivity contribution in [1.29, 1.82) is 0 Å². The molecule has 2 amide bonds. The highest BCUT2D eigenvalue weighted by Crippen LogP contribution is 2.32. The molecule has 196 valence electrons. The molecule has 3 aromatic carbocycles. The topological polar surface area (TPSA) is 73.9 Å². The Morgan fingerprint density at radius 2 is 1.50 bits per heavy atom. The molecular formula is C28H25F3N4O3. The number of nitrogens with zero attached hydrogens (tertiary/aromatic N) is 2. The summed E-state index contributed by atoms with van der Waals surface area (Å²) in [6.45, 7) is 3.93. The molecule has 1 fully saturated rings. The molecule has 0 saturated carbocycles. The van der Waals surface area contributed by atoms with Crippen LogP contribution in [-0.2, 0) is 4.79 Å². The summed E-state index contributed by atoms with van der Waals surface area (Å²) >= 11 is 0. The first kappa shape index (κ1) is 25.3. The summed E-state index contributed by atoms with van der Waals surface area (Å²) in [6.07, 6.45) is -3.23. The number of likely N-dealkylation sites (N-methyl/N-ethyl adjacent to an activating group) is 1. The van der Waals surface area contributed by atoms with Gasteiger partial charge in [-0.25, -0.2) is 0 Å². The number of carbonyl (C=O) groups is 2. The number of hydrogen-bond acceptors (Lipinski definition) is 6. The molecule has 2 aliphatic heterocycles. The number of ether oxygens (including phenoxy) is 1. The van der Waals surface area contributed by atoms with Gasteiger partial charge < -0.3 is 19.9 Å². The van der Waals surface area contributed by atoms with Gasteiger partial charge in [0.05, 0.1) is 5.57 Å². The lowest BCUT2D eigenvalue weighted by Gasteiger charge is -2.34. The van der Waals surface area contributed by atoms with Crippen molar-refractivity contribution in [2.45, 2.75) is 6.36 Å². The van der Waals surface area contributed by atoms with E-state index in [-0.39, 0.29) is 11.3 Å². The monoisotopic (exact) mass is 522 g/mol. The van der Waals surface area contributed by atoms with Crippen molar-refractivity contribution in [1.82, 2.24) is 10.2 Å². The first-order chi connectivity index (χ1) is 18.2. The fourth-order valence-electron chi connectivity index (χ4n) is 4.49. The van der Waals surface area contributed by atoms with E-state index in [2.05, 4.69) is 32.2 Å². The van der Waals surface area contributed by atoms with Crippen molar-refractivity contribution in [3.8, 4) is 16.9 Å². The van der Waals surface area contributed by atoms with E-state index in [1.54, 1.807) is 24.4 Å². The number of fused-ring (bicyclic) bond motifs is 1. The Labute approximate surface area is 217 Å². The summed E-state index contributed by atoms with van der Waals surface area (Å²) in [5.41, 5.74) is 4.15. The molecule has 3 aromatic rings. The van der Waals surface area contributed by atoms with Gasteiger partial charge in [0.25, 0.3) is 11.8 Å². The predicted molar refractivity (Wildman–Crippen MR) is 139 cm³/mol. The Balaban J connectivity index is 1.37. The number of carbonyl (C=O) groups excluding carboxylic acids is 2. The molecule has 0 aromatic heterocycles. The zero-order valence-electron chi connectivity index (χ0n) is 20.5. The molecule has 2 N–H and O–H groups in total. The van der Waals surface area contributed by atoms with E-state index in [1.165, 1.54) is 24.3 Å². The number of benzene rings is 3. The lowest BCUT2D eigenvalue weighted by molar-refractivity contribution is -0.274. The minimum atomic E-state index is -4.78. The number of nitrogens with one attached hydrogen (secondary N) is 2. The molecule has 0 unspecified atom stereocenters. The zero-order valence-corrected chi connectivity index (χ0v) is 20.5. The number of rotatable bonds is 5. The maximum Gasteiger partial charge on any atom is 0.573 e. The molecule has 5 rings (SSSR count). The fraction of sp³-hybridized carbons (Fsp3) is 0.214. The number of imide groups is 1. The Hall–Kier alpha value is -4.31. The SMILES string of the molecule is CN1CCN(c2ccc(NC=C3C(=O)NC(=O)c4ccc(-c5ccc(OC(F)(F)F)cc5)cc43)cc2)CC1. The van der Waals surface area contributed by atoms with Crippen LogP contribution in [0.25, 0.3) is 16.7 Å². The maximum absolute atomic E-state index is 12.7. The maximum atomic E-state index is 12.7. The van der Waals surface area contributed by atoms with Crippen molar-refractivity contribution in [2.75, 3.05) is 43.4 Å². The van der Waals surface area contributed by atoms with Gasteiger partial charge in [0.2, 0.25) is 0 Å². The number of anilines is 2. The minimum Gasteiger partial charge on any atom is -0.406 e. The molecule has 10 heteroatoms. The average Bonchev–Trinajstić information content (AvgIpc) is 2.89. The van der Waals surface area contributed by atoms with E-state index in [9.17, 15) is 22.8 Å². The molecule has 2 aliphatic rings. The molecule has 7 nitrogen and oxygen atoms in total. The van der Waals surface area contributed by atoms with Gasteiger partial charge in [-0.1, -0.05) is 18.2 Å². The number of halogens is 3. The van der Waals surface area contributed by atoms with Crippen molar-refractivity contribution < 1.29 is 27.5 Å². The summed E-state index contributed by atoms with van der Waals surface area (Å²) in [7, 11) is 2.11. The van der Waals surface area contributed by atoms with Gasteiger partial charge in [0, 0.05) is 54.9 Å². The van der Waals surface area contributed by atoms with Crippen LogP contribution in [0.4, 0.5) is 24.5 Å². The van der Waals surface area contributed by atoms with E-state index in [0.717, 1.165) is 37.6 Å². The minimum absolute atomic E-state index is 0.265. The van der Waals surface area contributed by atoms with Gasteiger partial charge in [-0.05, 0) is 66.7 Å². The summed E-state index contributed by atoms with van der Waals surface area (Å²) in [5.74, 6) is -1.40. The Morgan fingerprint density at radius 1 is 0.842 bits per heavy atom.